The fourth-order valence-electron chi connectivity index (χ4n) is 2.55. The predicted molar refractivity (Wildman–Crippen MR) is 95.6 cm³/mol. The standard InChI is InChI=1S/C20H19FN2O4/c1-12-8-13(2)10-17(9-12)25-11-18(24)26-14(3)19-22-23-20(27-19)15-4-6-16(21)7-5-15/h4-10,14H,11H2,1-3H3/t14-/m0/s1. The van der Waals surface area contributed by atoms with Crippen LogP contribution in [0, 0.1) is 19.7 Å². The van der Waals surface area contributed by atoms with Crippen LogP contribution in [0.1, 0.15) is 30.0 Å². The Balaban J connectivity index is 1.57. The maximum absolute atomic E-state index is 13.0. The summed E-state index contributed by atoms with van der Waals surface area (Å²) >= 11 is 0. The van der Waals surface area contributed by atoms with Crippen LogP contribution in [0.2, 0.25) is 0 Å². The van der Waals surface area contributed by atoms with Gasteiger partial charge in [-0.05, 0) is 68.3 Å². The van der Waals surface area contributed by atoms with Gasteiger partial charge in [0.2, 0.25) is 5.89 Å². The molecule has 0 amide bonds. The molecule has 7 heteroatoms. The summed E-state index contributed by atoms with van der Waals surface area (Å²) < 4.78 is 29.2. The van der Waals surface area contributed by atoms with Gasteiger partial charge in [0.1, 0.15) is 11.6 Å². The number of benzene rings is 2. The van der Waals surface area contributed by atoms with Gasteiger partial charge in [0, 0.05) is 5.56 Å². The monoisotopic (exact) mass is 370 g/mol. The lowest BCUT2D eigenvalue weighted by Crippen LogP contribution is -2.17. The number of aryl methyl sites for hydroxylation is 2. The van der Waals surface area contributed by atoms with Gasteiger partial charge in [0.05, 0.1) is 0 Å². The van der Waals surface area contributed by atoms with E-state index in [9.17, 15) is 9.18 Å². The molecule has 3 aromatic rings. The van der Waals surface area contributed by atoms with E-state index >= 15 is 0 Å². The maximum Gasteiger partial charge on any atom is 0.344 e. The lowest BCUT2D eigenvalue weighted by atomic mass is 10.1. The third kappa shape index (κ3) is 4.91. The summed E-state index contributed by atoms with van der Waals surface area (Å²) in [6.45, 7) is 5.30. The van der Waals surface area contributed by atoms with Gasteiger partial charge < -0.3 is 13.9 Å². The van der Waals surface area contributed by atoms with Crippen molar-refractivity contribution < 1.29 is 23.1 Å². The average Bonchev–Trinajstić information content (AvgIpc) is 3.10. The number of aromatic nitrogens is 2. The van der Waals surface area contributed by atoms with Crippen molar-refractivity contribution in [1.82, 2.24) is 10.2 Å². The van der Waals surface area contributed by atoms with Gasteiger partial charge in [0.25, 0.3) is 5.89 Å². The van der Waals surface area contributed by atoms with Crippen LogP contribution >= 0.6 is 0 Å². The number of carbonyl (C=O) groups excluding carboxylic acids is 1. The normalized spacial score (nSPS) is 11.9. The summed E-state index contributed by atoms with van der Waals surface area (Å²) in [5.74, 6) is 0.0646. The lowest BCUT2D eigenvalue weighted by Gasteiger charge is -2.11. The van der Waals surface area contributed by atoms with E-state index in [0.29, 0.717) is 11.3 Å². The average molecular weight is 370 g/mol. The van der Waals surface area contributed by atoms with Crippen LogP contribution in [0.15, 0.2) is 46.9 Å². The molecule has 3 rings (SSSR count). The Morgan fingerprint density at radius 1 is 1.11 bits per heavy atom. The molecule has 1 aromatic heterocycles. The largest absolute Gasteiger partial charge is 0.482 e. The zero-order valence-electron chi connectivity index (χ0n) is 15.2. The molecule has 27 heavy (non-hydrogen) atoms. The van der Waals surface area contributed by atoms with Crippen LogP contribution in [0.3, 0.4) is 0 Å². The highest BCUT2D eigenvalue weighted by Gasteiger charge is 2.19. The van der Waals surface area contributed by atoms with Crippen molar-refractivity contribution in [1.29, 1.82) is 0 Å². The molecule has 0 aliphatic carbocycles. The fraction of sp³-hybridized carbons (Fsp3) is 0.250. The van der Waals surface area contributed by atoms with Gasteiger partial charge in [0.15, 0.2) is 12.7 Å². The summed E-state index contributed by atoms with van der Waals surface area (Å²) in [4.78, 5) is 12.0. The van der Waals surface area contributed by atoms with Crippen molar-refractivity contribution in [2.24, 2.45) is 0 Å². The number of nitrogens with zero attached hydrogens (tertiary/aromatic N) is 2. The number of carbonyl (C=O) groups is 1. The number of hydrogen-bond donors (Lipinski definition) is 0. The first-order chi connectivity index (χ1) is 12.9. The van der Waals surface area contributed by atoms with E-state index in [4.69, 9.17) is 13.9 Å². The highest BCUT2D eigenvalue weighted by molar-refractivity contribution is 5.71. The van der Waals surface area contributed by atoms with E-state index < -0.39 is 12.1 Å². The Morgan fingerprint density at radius 2 is 1.78 bits per heavy atom. The van der Waals surface area contributed by atoms with Crippen molar-refractivity contribution in [2.45, 2.75) is 26.9 Å². The minimum atomic E-state index is -0.734. The van der Waals surface area contributed by atoms with Crippen molar-refractivity contribution >= 4 is 5.97 Å². The molecule has 0 aliphatic rings. The molecule has 140 valence electrons. The van der Waals surface area contributed by atoms with Crippen LogP contribution in [0.5, 0.6) is 5.75 Å². The summed E-state index contributed by atoms with van der Waals surface area (Å²) in [6.07, 6.45) is -0.734. The molecule has 6 nitrogen and oxygen atoms in total. The van der Waals surface area contributed by atoms with Crippen molar-refractivity contribution in [3.8, 4) is 17.2 Å². The van der Waals surface area contributed by atoms with Gasteiger partial charge in [-0.25, -0.2) is 9.18 Å². The first-order valence-electron chi connectivity index (χ1n) is 8.40. The van der Waals surface area contributed by atoms with Crippen LogP contribution < -0.4 is 4.74 Å². The SMILES string of the molecule is Cc1cc(C)cc(OCC(=O)O[C@@H](C)c2nnc(-c3ccc(F)cc3)o2)c1. The third-order valence-electron chi connectivity index (χ3n) is 3.74. The predicted octanol–water partition coefficient (Wildman–Crippen LogP) is 4.18. The number of esters is 1. The summed E-state index contributed by atoms with van der Waals surface area (Å²) in [5, 5.41) is 7.78. The fourth-order valence-corrected chi connectivity index (χ4v) is 2.55. The topological polar surface area (TPSA) is 74.5 Å². The van der Waals surface area contributed by atoms with Crippen LogP contribution in [-0.4, -0.2) is 22.8 Å². The Morgan fingerprint density at radius 3 is 2.44 bits per heavy atom. The van der Waals surface area contributed by atoms with Gasteiger partial charge in [-0.1, -0.05) is 6.07 Å². The maximum atomic E-state index is 13.0. The van der Waals surface area contributed by atoms with E-state index in [0.717, 1.165) is 11.1 Å². The molecule has 0 unspecified atom stereocenters. The summed E-state index contributed by atoms with van der Waals surface area (Å²) in [5.41, 5.74) is 2.67. The Hall–Kier alpha value is -3.22. The molecular formula is C20H19FN2O4. The molecule has 0 aliphatic heterocycles. The van der Waals surface area contributed by atoms with Gasteiger partial charge in [-0.3, -0.25) is 0 Å². The van der Waals surface area contributed by atoms with Gasteiger partial charge in [-0.15, -0.1) is 10.2 Å². The van der Waals surface area contributed by atoms with Crippen LogP contribution in [-0.2, 0) is 9.53 Å². The second kappa shape index (κ2) is 7.99. The molecule has 0 bridgehead atoms. The minimum Gasteiger partial charge on any atom is -0.482 e. The second-order valence-corrected chi connectivity index (χ2v) is 6.20. The summed E-state index contributed by atoms with van der Waals surface area (Å²) in [6, 6.07) is 11.4. The van der Waals surface area contributed by atoms with E-state index in [1.807, 2.05) is 32.0 Å². The molecule has 2 aromatic carbocycles. The number of halogens is 1. The van der Waals surface area contributed by atoms with Crippen molar-refractivity contribution in [3.63, 3.8) is 0 Å². The molecule has 1 heterocycles. The molecule has 1 atom stereocenters. The van der Waals surface area contributed by atoms with E-state index in [1.54, 1.807) is 6.92 Å². The van der Waals surface area contributed by atoms with Gasteiger partial charge >= 0.3 is 5.97 Å². The van der Waals surface area contributed by atoms with E-state index in [1.165, 1.54) is 24.3 Å². The second-order valence-electron chi connectivity index (χ2n) is 6.20. The molecule has 0 radical (unpaired) electrons. The van der Waals surface area contributed by atoms with Crippen molar-refractivity contribution in [2.75, 3.05) is 6.61 Å². The zero-order chi connectivity index (χ0) is 19.4. The zero-order valence-corrected chi connectivity index (χ0v) is 15.2. The smallest absolute Gasteiger partial charge is 0.344 e. The van der Waals surface area contributed by atoms with Crippen molar-refractivity contribution in [3.05, 3.63) is 65.3 Å². The Labute approximate surface area is 155 Å². The number of rotatable bonds is 6. The number of hydrogen-bond acceptors (Lipinski definition) is 6. The van der Waals surface area contributed by atoms with E-state index in [2.05, 4.69) is 10.2 Å². The third-order valence-corrected chi connectivity index (χ3v) is 3.74. The molecular weight excluding hydrogens is 351 g/mol. The van der Waals surface area contributed by atoms with Crippen LogP contribution in [0.4, 0.5) is 4.39 Å². The van der Waals surface area contributed by atoms with E-state index in [-0.39, 0.29) is 24.2 Å². The van der Waals surface area contributed by atoms with Gasteiger partial charge in [-0.2, -0.15) is 0 Å². The Bertz CT molecular complexity index is 917. The van der Waals surface area contributed by atoms with Crippen LogP contribution in [0.25, 0.3) is 11.5 Å². The molecule has 0 saturated carbocycles. The molecule has 0 spiro atoms. The first kappa shape index (κ1) is 18.6. The Kier molecular flexibility index (Phi) is 5.49. The molecule has 0 saturated heterocycles. The lowest BCUT2D eigenvalue weighted by molar-refractivity contribution is -0.152. The molecule has 0 fully saturated rings. The summed E-state index contributed by atoms with van der Waals surface area (Å²) in [7, 11) is 0. The number of ether oxygens (including phenoxy) is 2. The highest BCUT2D eigenvalue weighted by Crippen LogP contribution is 2.23. The highest BCUT2D eigenvalue weighted by atomic mass is 19.1. The quantitative estimate of drug-likeness (QED) is 0.606. The minimum absolute atomic E-state index is 0.147. The first-order valence-corrected chi connectivity index (χ1v) is 8.40. The molecule has 0 N–H and O–H groups in total.